The molecule has 0 bridgehead atoms. The van der Waals surface area contributed by atoms with E-state index in [9.17, 15) is 0 Å². The maximum absolute atomic E-state index is 5.19. The highest BCUT2D eigenvalue weighted by Gasteiger charge is 2.17. The molecule has 252 valence electrons. The molecule has 54 heavy (non-hydrogen) atoms. The summed E-state index contributed by atoms with van der Waals surface area (Å²) in [5, 5.41) is 5.48. The smallest absolute Gasteiger partial charge is 0.160 e. The number of aromatic nitrogens is 5. The monoisotopic (exact) mass is 689 g/mol. The van der Waals surface area contributed by atoms with E-state index < -0.39 is 0 Å². The SMILES string of the molecule is c1ccc(-c2cc(-c3cnc(-c4ccc(-c5nc(-c6ccccc6)c6ccccc6n5)cc4)c4ccccc34)nc(-c3ccc4ccccc4c3)n2)cc1. The van der Waals surface area contributed by atoms with Gasteiger partial charge in [0, 0.05) is 50.4 Å². The lowest BCUT2D eigenvalue weighted by molar-refractivity contribution is 1.18. The predicted octanol–water partition coefficient (Wildman–Crippen LogP) is 12.1. The molecule has 3 heterocycles. The van der Waals surface area contributed by atoms with Gasteiger partial charge < -0.3 is 0 Å². The number of para-hydroxylation sites is 1. The van der Waals surface area contributed by atoms with Crippen molar-refractivity contribution in [2.75, 3.05) is 0 Å². The average molecular weight is 690 g/mol. The first-order valence-corrected chi connectivity index (χ1v) is 18.0. The minimum atomic E-state index is 0.673. The van der Waals surface area contributed by atoms with Gasteiger partial charge in [-0.05, 0) is 34.4 Å². The van der Waals surface area contributed by atoms with E-state index in [-0.39, 0.29) is 0 Å². The number of hydrogen-bond acceptors (Lipinski definition) is 5. The van der Waals surface area contributed by atoms with Crippen molar-refractivity contribution in [2.24, 2.45) is 0 Å². The van der Waals surface area contributed by atoms with Gasteiger partial charge in [-0.3, -0.25) is 4.98 Å². The van der Waals surface area contributed by atoms with E-state index in [0.717, 1.165) is 83.2 Å². The van der Waals surface area contributed by atoms with Crippen molar-refractivity contribution >= 4 is 32.4 Å². The maximum Gasteiger partial charge on any atom is 0.160 e. The van der Waals surface area contributed by atoms with Crippen LogP contribution in [-0.4, -0.2) is 24.9 Å². The molecular weight excluding hydrogens is 659 g/mol. The summed E-state index contributed by atoms with van der Waals surface area (Å²) >= 11 is 0. The van der Waals surface area contributed by atoms with Gasteiger partial charge in [-0.15, -0.1) is 0 Å². The van der Waals surface area contributed by atoms with Crippen LogP contribution in [0.3, 0.4) is 0 Å². The van der Waals surface area contributed by atoms with Crippen LogP contribution in [0.25, 0.3) is 100 Å². The molecule has 0 aliphatic heterocycles. The molecule has 0 unspecified atom stereocenters. The summed E-state index contributed by atoms with van der Waals surface area (Å²) in [5.41, 5.74) is 10.4. The number of rotatable bonds is 6. The quantitative estimate of drug-likeness (QED) is 0.174. The number of nitrogens with zero attached hydrogens (tertiary/aromatic N) is 5. The molecule has 10 aromatic rings. The van der Waals surface area contributed by atoms with E-state index in [2.05, 4.69) is 127 Å². The molecule has 0 radical (unpaired) electrons. The fourth-order valence-electron chi connectivity index (χ4n) is 7.23. The lowest BCUT2D eigenvalue weighted by atomic mass is 9.97. The molecule has 5 nitrogen and oxygen atoms in total. The average Bonchev–Trinajstić information content (AvgIpc) is 3.26. The first kappa shape index (κ1) is 31.4. The van der Waals surface area contributed by atoms with Crippen LogP contribution < -0.4 is 0 Å². The van der Waals surface area contributed by atoms with Gasteiger partial charge in [0.1, 0.15) is 0 Å². The molecule has 0 saturated carbocycles. The van der Waals surface area contributed by atoms with Gasteiger partial charge in [-0.1, -0.05) is 164 Å². The summed E-state index contributed by atoms with van der Waals surface area (Å²) in [7, 11) is 0. The Morgan fingerprint density at radius 2 is 0.889 bits per heavy atom. The van der Waals surface area contributed by atoms with Crippen LogP contribution in [0.15, 0.2) is 188 Å². The van der Waals surface area contributed by atoms with Crippen molar-refractivity contribution < 1.29 is 0 Å². The first-order chi connectivity index (χ1) is 26.7. The Morgan fingerprint density at radius 1 is 0.315 bits per heavy atom. The van der Waals surface area contributed by atoms with E-state index in [0.29, 0.717) is 11.6 Å². The zero-order chi connectivity index (χ0) is 35.8. The second-order valence-electron chi connectivity index (χ2n) is 13.3. The van der Waals surface area contributed by atoms with Gasteiger partial charge in [0.15, 0.2) is 11.6 Å². The van der Waals surface area contributed by atoms with Gasteiger partial charge >= 0.3 is 0 Å². The topological polar surface area (TPSA) is 64.5 Å². The third kappa shape index (κ3) is 5.74. The Labute approximate surface area is 312 Å². The van der Waals surface area contributed by atoms with Gasteiger partial charge in [0.25, 0.3) is 0 Å². The van der Waals surface area contributed by atoms with E-state index in [1.165, 1.54) is 5.39 Å². The summed E-state index contributed by atoms with van der Waals surface area (Å²) in [6.07, 6.45) is 1.95. The van der Waals surface area contributed by atoms with Crippen molar-refractivity contribution in [1.82, 2.24) is 24.9 Å². The third-order valence-corrected chi connectivity index (χ3v) is 9.94. The summed E-state index contributed by atoms with van der Waals surface area (Å²) < 4.78 is 0. The molecule has 5 heteroatoms. The second kappa shape index (κ2) is 13.3. The van der Waals surface area contributed by atoms with Crippen LogP contribution >= 0.6 is 0 Å². The van der Waals surface area contributed by atoms with Gasteiger partial charge in [-0.2, -0.15) is 0 Å². The largest absolute Gasteiger partial charge is 0.255 e. The summed E-state index contributed by atoms with van der Waals surface area (Å²) in [5.74, 6) is 1.36. The first-order valence-electron chi connectivity index (χ1n) is 18.0. The number of fused-ring (bicyclic) bond motifs is 3. The minimum Gasteiger partial charge on any atom is -0.255 e. The van der Waals surface area contributed by atoms with E-state index in [4.69, 9.17) is 24.9 Å². The van der Waals surface area contributed by atoms with Crippen molar-refractivity contribution in [1.29, 1.82) is 0 Å². The molecule has 10 rings (SSSR count). The van der Waals surface area contributed by atoms with E-state index in [1.807, 2.05) is 60.8 Å². The van der Waals surface area contributed by atoms with Crippen molar-refractivity contribution in [3.63, 3.8) is 0 Å². The highest BCUT2D eigenvalue weighted by Crippen LogP contribution is 2.37. The fourth-order valence-corrected chi connectivity index (χ4v) is 7.23. The molecule has 0 aliphatic rings. The summed E-state index contributed by atoms with van der Waals surface area (Å²) in [4.78, 5) is 25.4. The van der Waals surface area contributed by atoms with Gasteiger partial charge in [-0.25, -0.2) is 19.9 Å². The summed E-state index contributed by atoms with van der Waals surface area (Å²) in [6, 6.07) is 62.4. The lowest BCUT2D eigenvalue weighted by Crippen LogP contribution is -1.98. The Morgan fingerprint density at radius 3 is 1.69 bits per heavy atom. The number of hydrogen-bond donors (Lipinski definition) is 0. The number of benzene rings is 7. The van der Waals surface area contributed by atoms with Crippen LogP contribution in [0.4, 0.5) is 0 Å². The zero-order valence-corrected chi connectivity index (χ0v) is 29.1. The Kier molecular flexibility index (Phi) is 7.73. The minimum absolute atomic E-state index is 0.673. The predicted molar refractivity (Wildman–Crippen MR) is 221 cm³/mol. The second-order valence-corrected chi connectivity index (χ2v) is 13.3. The van der Waals surface area contributed by atoms with Crippen LogP contribution in [0, 0.1) is 0 Å². The molecule has 0 aliphatic carbocycles. The van der Waals surface area contributed by atoms with Crippen molar-refractivity contribution in [3.05, 3.63) is 188 Å². The zero-order valence-electron chi connectivity index (χ0n) is 29.1. The molecule has 0 amide bonds. The van der Waals surface area contributed by atoms with Crippen molar-refractivity contribution in [2.45, 2.75) is 0 Å². The van der Waals surface area contributed by atoms with Gasteiger partial charge in [0.05, 0.1) is 28.3 Å². The van der Waals surface area contributed by atoms with E-state index in [1.54, 1.807) is 0 Å². The molecule has 0 spiro atoms. The van der Waals surface area contributed by atoms with Crippen LogP contribution in [0.5, 0.6) is 0 Å². The standard InChI is InChI=1S/C49H31N5/c1-3-14-33(15-4-1)44-30-45(53-49(52-44)38-28-23-32-13-7-8-18-37(32)29-38)42-31-50-46(40-20-10-9-19-39(40)42)35-24-26-36(27-25-35)48-51-43-22-12-11-21-41(43)47(54-48)34-16-5-2-6-17-34/h1-31H. The lowest BCUT2D eigenvalue weighted by Gasteiger charge is -2.14. The Hall–Kier alpha value is -7.37. The number of pyridine rings is 1. The Bertz CT molecular complexity index is 2980. The highest BCUT2D eigenvalue weighted by molar-refractivity contribution is 6.03. The molecule has 0 atom stereocenters. The molecule has 0 N–H and O–H groups in total. The van der Waals surface area contributed by atoms with Crippen LogP contribution in [0.1, 0.15) is 0 Å². The molecular formula is C49H31N5. The highest BCUT2D eigenvalue weighted by atomic mass is 14.9. The van der Waals surface area contributed by atoms with Gasteiger partial charge in [0.2, 0.25) is 0 Å². The molecule has 0 saturated heterocycles. The molecule has 7 aromatic carbocycles. The van der Waals surface area contributed by atoms with Crippen LogP contribution in [0.2, 0.25) is 0 Å². The molecule has 0 fully saturated rings. The fraction of sp³-hybridized carbons (Fsp3) is 0. The summed E-state index contributed by atoms with van der Waals surface area (Å²) in [6.45, 7) is 0. The van der Waals surface area contributed by atoms with Crippen LogP contribution in [-0.2, 0) is 0 Å². The van der Waals surface area contributed by atoms with Crippen molar-refractivity contribution in [3.8, 4) is 67.8 Å². The van der Waals surface area contributed by atoms with E-state index >= 15 is 0 Å². The third-order valence-electron chi connectivity index (χ3n) is 9.94. The Balaban J connectivity index is 1.07. The molecule has 3 aromatic heterocycles. The normalized spacial score (nSPS) is 11.3. The maximum atomic E-state index is 5.19.